The third-order valence-corrected chi connectivity index (χ3v) is 11.1. The molecule has 0 aliphatic carbocycles. The Labute approximate surface area is 313 Å². The van der Waals surface area contributed by atoms with Gasteiger partial charge in [0.25, 0.3) is 0 Å². The molecule has 2 aromatic carbocycles. The molecule has 0 bridgehead atoms. The Morgan fingerprint density at radius 1 is 0.382 bits per heavy atom. The Bertz CT molecular complexity index is 1510. The predicted octanol–water partition coefficient (Wildman–Crippen LogP) is 11.9. The highest BCUT2D eigenvalue weighted by molar-refractivity contribution is 7.87. The lowest BCUT2D eigenvalue weighted by Gasteiger charge is -2.38. The number of halogens is 12. The molecule has 0 unspecified atom stereocenters. The van der Waals surface area contributed by atoms with E-state index < -0.39 is 97.3 Å². The Morgan fingerprint density at radius 2 is 0.636 bits per heavy atom. The van der Waals surface area contributed by atoms with Crippen LogP contribution in [0.5, 0.6) is 11.5 Å². The summed E-state index contributed by atoms with van der Waals surface area (Å²) >= 11 is 0. The van der Waals surface area contributed by atoms with Gasteiger partial charge in [-0.2, -0.15) is 69.5 Å². The van der Waals surface area contributed by atoms with Crippen LogP contribution in [0.1, 0.15) is 114 Å². The van der Waals surface area contributed by atoms with Gasteiger partial charge in [0.1, 0.15) is 11.5 Å². The number of benzene rings is 2. The molecule has 0 N–H and O–H groups in total. The van der Waals surface area contributed by atoms with Gasteiger partial charge in [0.05, 0.1) is 11.5 Å². The summed E-state index contributed by atoms with van der Waals surface area (Å²) < 4.78 is 220. The molecule has 6 nitrogen and oxygen atoms in total. The van der Waals surface area contributed by atoms with Gasteiger partial charge in [-0.25, -0.2) is 0 Å². The molecule has 0 radical (unpaired) electrons. The van der Waals surface area contributed by atoms with E-state index in [1.54, 1.807) is 0 Å². The molecule has 0 saturated heterocycles. The van der Waals surface area contributed by atoms with Crippen molar-refractivity contribution in [2.75, 3.05) is 11.5 Å². The Kier molecular flexibility index (Phi) is 18.0. The lowest BCUT2D eigenvalue weighted by molar-refractivity contribution is -0.288. The van der Waals surface area contributed by atoms with Gasteiger partial charge in [-0.15, -0.1) is 0 Å². The second-order valence-corrected chi connectivity index (χ2v) is 16.5. The van der Waals surface area contributed by atoms with Gasteiger partial charge >= 0.3 is 44.9 Å². The third-order valence-electron chi connectivity index (χ3n) is 8.58. The predicted molar refractivity (Wildman–Crippen MR) is 181 cm³/mol. The van der Waals surface area contributed by atoms with E-state index in [-0.39, 0.29) is 25.7 Å². The van der Waals surface area contributed by atoms with Gasteiger partial charge < -0.3 is 8.37 Å². The molecule has 0 amide bonds. The van der Waals surface area contributed by atoms with E-state index in [1.165, 1.54) is 0 Å². The highest BCUT2D eigenvalue weighted by Crippen LogP contribution is 2.56. The third kappa shape index (κ3) is 17.0. The van der Waals surface area contributed by atoms with Gasteiger partial charge in [-0.3, -0.25) is 0 Å². The topological polar surface area (TPSA) is 86.7 Å². The molecule has 20 heteroatoms. The number of unbranched alkanes of at least 4 members (excludes halogenated alkanes) is 12. The normalized spacial score (nSPS) is 13.6. The molecule has 0 heterocycles. The number of rotatable bonds is 24. The quantitative estimate of drug-likeness (QED) is 0.0594. The van der Waals surface area contributed by atoms with Gasteiger partial charge in [0, 0.05) is 12.8 Å². The zero-order chi connectivity index (χ0) is 41.6. The molecule has 2 rings (SSSR count). The first-order valence-electron chi connectivity index (χ1n) is 17.6. The highest BCUT2D eigenvalue weighted by Gasteiger charge is 2.72. The monoisotopic (exact) mass is 852 g/mol. The summed E-state index contributed by atoms with van der Waals surface area (Å²) in [7, 11) is -8.62. The van der Waals surface area contributed by atoms with Crippen molar-refractivity contribution in [3.8, 4) is 11.5 Å². The Hall–Kier alpha value is -2.90. The molecule has 0 fully saturated rings. The second-order valence-electron chi connectivity index (χ2n) is 13.2. The first-order chi connectivity index (χ1) is 25.3. The lowest BCUT2D eigenvalue weighted by Crippen LogP contribution is -2.54. The minimum atomic E-state index is -6.01. The number of hydrogen-bond acceptors (Lipinski definition) is 6. The van der Waals surface area contributed by atoms with Crippen LogP contribution in [0.15, 0.2) is 48.5 Å². The fourth-order valence-corrected chi connectivity index (χ4v) is 7.95. The molecule has 55 heavy (non-hydrogen) atoms. The summed E-state index contributed by atoms with van der Waals surface area (Å²) in [5.74, 6) is -2.17. The fourth-order valence-electron chi connectivity index (χ4n) is 5.86. The maximum Gasteiger partial charge on any atom is 0.411 e. The summed E-state index contributed by atoms with van der Waals surface area (Å²) in [5.41, 5.74) is -7.32. The minimum Gasteiger partial charge on any atom is -0.382 e. The van der Waals surface area contributed by atoms with Crippen molar-refractivity contribution in [1.29, 1.82) is 0 Å². The minimum absolute atomic E-state index is 0.0136. The standard InChI is InChI=1S/C35H44F12O6S2/c36-31(37,38)23-11-7-3-1-5-9-13-25-54(48,49)52-29-19-15-27(16-20-29)33(34(42,43)44,35(45,46)47)28-17-21-30(22-18-28)53-55(50,51)26-14-10-6-2-4-8-12-24-32(39,40)41/h15-22H,1-14,23-26H2. The van der Waals surface area contributed by atoms with E-state index in [2.05, 4.69) is 0 Å². The molecule has 0 atom stereocenters. The largest absolute Gasteiger partial charge is 0.411 e. The first kappa shape index (κ1) is 48.2. The Morgan fingerprint density at radius 3 is 0.891 bits per heavy atom. The summed E-state index contributed by atoms with van der Waals surface area (Å²) in [5, 5.41) is 0. The van der Waals surface area contributed by atoms with Crippen LogP contribution in [-0.4, -0.2) is 53.0 Å². The van der Waals surface area contributed by atoms with Crippen LogP contribution < -0.4 is 8.37 Å². The van der Waals surface area contributed by atoms with Crippen LogP contribution in [0.4, 0.5) is 52.7 Å². The van der Waals surface area contributed by atoms with Crippen molar-refractivity contribution in [2.45, 2.75) is 133 Å². The molecule has 0 aliphatic heterocycles. The summed E-state index contributed by atoms with van der Waals surface area (Å²) in [6, 6.07) is 4.22. The maximum atomic E-state index is 14.6. The smallest absolute Gasteiger partial charge is 0.382 e. The van der Waals surface area contributed by atoms with E-state index in [1.807, 2.05) is 0 Å². The van der Waals surface area contributed by atoms with Crippen LogP contribution in [0.3, 0.4) is 0 Å². The van der Waals surface area contributed by atoms with Crippen molar-refractivity contribution in [3.05, 3.63) is 59.7 Å². The van der Waals surface area contributed by atoms with Crippen molar-refractivity contribution < 1.29 is 77.9 Å². The molecule has 0 aliphatic rings. The molecule has 2 aromatic rings. The van der Waals surface area contributed by atoms with E-state index in [0.29, 0.717) is 113 Å². The van der Waals surface area contributed by atoms with Crippen LogP contribution >= 0.6 is 0 Å². The molecule has 0 spiro atoms. The van der Waals surface area contributed by atoms with Crippen molar-refractivity contribution in [1.82, 2.24) is 0 Å². The fraction of sp³-hybridized carbons (Fsp3) is 0.657. The van der Waals surface area contributed by atoms with Gasteiger partial charge in [0.15, 0.2) is 0 Å². The van der Waals surface area contributed by atoms with Crippen LogP contribution in [0.25, 0.3) is 0 Å². The molecular formula is C35H44F12O6S2. The van der Waals surface area contributed by atoms with Crippen molar-refractivity contribution in [3.63, 3.8) is 0 Å². The van der Waals surface area contributed by atoms with Crippen molar-refractivity contribution in [2.24, 2.45) is 0 Å². The zero-order valence-corrected chi connectivity index (χ0v) is 31.3. The number of alkyl halides is 12. The van der Waals surface area contributed by atoms with Gasteiger partial charge in [0.2, 0.25) is 5.41 Å². The van der Waals surface area contributed by atoms with Gasteiger partial charge in [-0.05, 0) is 61.1 Å². The molecular weight excluding hydrogens is 808 g/mol. The van der Waals surface area contributed by atoms with Crippen LogP contribution in [0.2, 0.25) is 0 Å². The first-order valence-corrected chi connectivity index (χ1v) is 20.8. The van der Waals surface area contributed by atoms with E-state index in [9.17, 15) is 69.5 Å². The SMILES string of the molecule is O=S(=O)(CCCCCCCCCC(F)(F)F)Oc1ccc(C(c2ccc(OS(=O)(=O)CCCCCCCCCC(F)(F)F)cc2)(C(F)(F)F)C(F)(F)F)cc1. The second kappa shape index (κ2) is 20.5. The average molecular weight is 853 g/mol. The van der Waals surface area contributed by atoms with E-state index in [0.717, 1.165) is 0 Å². The number of hydrogen-bond donors (Lipinski definition) is 0. The van der Waals surface area contributed by atoms with Crippen LogP contribution in [-0.2, 0) is 25.7 Å². The summed E-state index contributed by atoms with van der Waals surface area (Å²) in [6.07, 6.45) is -17.4. The summed E-state index contributed by atoms with van der Waals surface area (Å²) in [6.45, 7) is 0. The molecule has 0 aromatic heterocycles. The Balaban J connectivity index is 2.03. The summed E-state index contributed by atoms with van der Waals surface area (Å²) in [4.78, 5) is 0. The van der Waals surface area contributed by atoms with E-state index in [4.69, 9.17) is 8.37 Å². The average Bonchev–Trinajstić information content (AvgIpc) is 3.02. The van der Waals surface area contributed by atoms with Gasteiger partial charge in [-0.1, -0.05) is 88.5 Å². The highest BCUT2D eigenvalue weighted by atomic mass is 32.2. The van der Waals surface area contributed by atoms with E-state index >= 15 is 0 Å². The van der Waals surface area contributed by atoms with Crippen LogP contribution in [0, 0.1) is 0 Å². The molecule has 316 valence electrons. The maximum absolute atomic E-state index is 14.6. The van der Waals surface area contributed by atoms with Crippen molar-refractivity contribution >= 4 is 20.2 Å². The zero-order valence-electron chi connectivity index (χ0n) is 29.6. The molecule has 0 saturated carbocycles. The lowest BCUT2D eigenvalue weighted by atomic mass is 9.73.